The Kier molecular flexibility index (Phi) is 7.68. The van der Waals surface area contributed by atoms with E-state index < -0.39 is 10.0 Å². The predicted octanol–water partition coefficient (Wildman–Crippen LogP) is 3.22. The largest absolute Gasteiger partial charge is 0.354 e. The smallest absolute Gasteiger partial charge is 0.261 e. The molecule has 1 aliphatic rings. The van der Waals surface area contributed by atoms with Gasteiger partial charge in [-0.2, -0.15) is 0 Å². The summed E-state index contributed by atoms with van der Waals surface area (Å²) in [6.45, 7) is 2.53. The normalized spacial score (nSPS) is 14.6. The molecule has 0 aliphatic heterocycles. The molecule has 2 aromatic carbocycles. The summed E-state index contributed by atoms with van der Waals surface area (Å²) >= 11 is 0. The summed E-state index contributed by atoms with van der Waals surface area (Å²) < 4.78 is 27.8. The first-order chi connectivity index (χ1) is 14.8. The third-order valence-corrected chi connectivity index (χ3v) is 6.78. The van der Waals surface area contributed by atoms with Crippen molar-refractivity contribution in [2.45, 2.75) is 43.9 Å². The van der Waals surface area contributed by atoms with Crippen LogP contribution in [0.4, 0.5) is 5.69 Å². The average Bonchev–Trinajstić information content (AvgIpc) is 2.78. The summed E-state index contributed by atoms with van der Waals surface area (Å²) in [5.41, 5.74) is 1.72. The van der Waals surface area contributed by atoms with Gasteiger partial charge in [-0.05, 0) is 50.1 Å². The van der Waals surface area contributed by atoms with Crippen molar-refractivity contribution in [1.29, 1.82) is 0 Å². The van der Waals surface area contributed by atoms with E-state index in [9.17, 15) is 18.0 Å². The topological polar surface area (TPSA) is 104 Å². The maximum Gasteiger partial charge on any atom is 0.261 e. The Labute approximate surface area is 183 Å². The SMILES string of the molecule is Cc1ccc(NS(=O)(=O)c2cccc(C(=O)NCCNC(=O)C3CCCCC3)c2)cc1. The Morgan fingerprint density at radius 3 is 2.32 bits per heavy atom. The Balaban J connectivity index is 1.53. The van der Waals surface area contributed by atoms with Gasteiger partial charge in [0.25, 0.3) is 15.9 Å². The second-order valence-electron chi connectivity index (χ2n) is 7.88. The molecule has 3 N–H and O–H groups in total. The zero-order chi connectivity index (χ0) is 22.3. The Bertz CT molecular complexity index is 1010. The number of benzene rings is 2. The van der Waals surface area contributed by atoms with Crippen molar-refractivity contribution in [2.24, 2.45) is 5.92 Å². The number of nitrogens with one attached hydrogen (secondary N) is 3. The van der Waals surface area contributed by atoms with E-state index in [1.165, 1.54) is 24.6 Å². The molecule has 1 saturated carbocycles. The minimum absolute atomic E-state index is 0.00586. The molecular formula is C23H29N3O4S. The first kappa shape index (κ1) is 22.8. The Morgan fingerprint density at radius 2 is 1.61 bits per heavy atom. The van der Waals surface area contributed by atoms with E-state index in [0.717, 1.165) is 31.2 Å². The molecule has 2 aromatic rings. The van der Waals surface area contributed by atoms with Gasteiger partial charge in [0.2, 0.25) is 5.91 Å². The number of sulfonamides is 1. The van der Waals surface area contributed by atoms with E-state index in [1.54, 1.807) is 18.2 Å². The molecule has 31 heavy (non-hydrogen) atoms. The highest BCUT2D eigenvalue weighted by Gasteiger charge is 2.20. The van der Waals surface area contributed by atoms with Crippen molar-refractivity contribution in [1.82, 2.24) is 10.6 Å². The van der Waals surface area contributed by atoms with E-state index >= 15 is 0 Å². The van der Waals surface area contributed by atoms with E-state index in [0.29, 0.717) is 12.2 Å². The van der Waals surface area contributed by atoms with Crippen LogP contribution in [0.1, 0.15) is 48.0 Å². The summed E-state index contributed by atoms with van der Waals surface area (Å²) in [5, 5.41) is 5.59. The molecule has 0 spiro atoms. The van der Waals surface area contributed by atoms with Crippen LogP contribution in [0, 0.1) is 12.8 Å². The minimum Gasteiger partial charge on any atom is -0.354 e. The molecular weight excluding hydrogens is 414 g/mol. The van der Waals surface area contributed by atoms with Crippen molar-refractivity contribution in [3.63, 3.8) is 0 Å². The van der Waals surface area contributed by atoms with Crippen LogP contribution < -0.4 is 15.4 Å². The number of carbonyl (C=O) groups is 2. The Hall–Kier alpha value is -2.87. The van der Waals surface area contributed by atoms with Crippen molar-refractivity contribution >= 4 is 27.5 Å². The van der Waals surface area contributed by atoms with Gasteiger partial charge in [0.15, 0.2) is 0 Å². The first-order valence-electron chi connectivity index (χ1n) is 10.6. The summed E-state index contributed by atoms with van der Waals surface area (Å²) in [5.74, 6) is -0.268. The number of hydrogen-bond donors (Lipinski definition) is 3. The third-order valence-electron chi connectivity index (χ3n) is 5.40. The predicted molar refractivity (Wildman–Crippen MR) is 120 cm³/mol. The fourth-order valence-electron chi connectivity index (χ4n) is 3.61. The lowest BCUT2D eigenvalue weighted by atomic mass is 9.89. The van der Waals surface area contributed by atoms with Crippen LogP contribution in [0.5, 0.6) is 0 Å². The summed E-state index contributed by atoms with van der Waals surface area (Å²) in [7, 11) is -3.82. The number of aryl methyl sites for hydroxylation is 1. The van der Waals surface area contributed by atoms with Gasteiger partial charge in [0.1, 0.15) is 0 Å². The number of amides is 2. The summed E-state index contributed by atoms with van der Waals surface area (Å²) in [4.78, 5) is 24.6. The molecule has 0 bridgehead atoms. The first-order valence-corrected chi connectivity index (χ1v) is 12.1. The quantitative estimate of drug-likeness (QED) is 0.545. The molecule has 2 amide bonds. The molecule has 166 valence electrons. The van der Waals surface area contributed by atoms with E-state index in [1.807, 2.05) is 19.1 Å². The van der Waals surface area contributed by atoms with Crippen LogP contribution in [0.3, 0.4) is 0 Å². The molecule has 0 atom stereocenters. The molecule has 7 nitrogen and oxygen atoms in total. The van der Waals surface area contributed by atoms with Gasteiger partial charge in [-0.25, -0.2) is 8.42 Å². The maximum absolute atomic E-state index is 12.7. The Morgan fingerprint density at radius 1 is 0.935 bits per heavy atom. The lowest BCUT2D eigenvalue weighted by molar-refractivity contribution is -0.125. The van der Waals surface area contributed by atoms with Crippen LogP contribution in [0.25, 0.3) is 0 Å². The molecule has 0 saturated heterocycles. The highest BCUT2D eigenvalue weighted by atomic mass is 32.2. The summed E-state index contributed by atoms with van der Waals surface area (Å²) in [6.07, 6.45) is 5.22. The standard InChI is InChI=1S/C23H29N3O4S/c1-17-10-12-20(13-11-17)26-31(29,30)21-9-5-8-19(16-21)23(28)25-15-14-24-22(27)18-6-3-2-4-7-18/h5,8-13,16,18,26H,2-4,6-7,14-15H2,1H3,(H,24,27)(H,25,28). The summed E-state index contributed by atoms with van der Waals surface area (Å²) in [6, 6.07) is 12.9. The van der Waals surface area contributed by atoms with Crippen molar-refractivity contribution in [3.8, 4) is 0 Å². The van der Waals surface area contributed by atoms with Gasteiger partial charge in [-0.15, -0.1) is 0 Å². The van der Waals surface area contributed by atoms with E-state index in [-0.39, 0.29) is 34.7 Å². The second kappa shape index (κ2) is 10.4. The van der Waals surface area contributed by atoms with Gasteiger partial charge in [-0.3, -0.25) is 14.3 Å². The van der Waals surface area contributed by atoms with Crippen LogP contribution >= 0.6 is 0 Å². The second-order valence-corrected chi connectivity index (χ2v) is 9.56. The van der Waals surface area contributed by atoms with Crippen LogP contribution in [0.15, 0.2) is 53.4 Å². The van der Waals surface area contributed by atoms with Gasteiger partial charge in [0, 0.05) is 30.3 Å². The van der Waals surface area contributed by atoms with Crippen molar-refractivity contribution in [3.05, 3.63) is 59.7 Å². The monoisotopic (exact) mass is 443 g/mol. The highest BCUT2D eigenvalue weighted by molar-refractivity contribution is 7.92. The molecule has 1 fully saturated rings. The number of carbonyl (C=O) groups excluding carboxylic acids is 2. The fourth-order valence-corrected chi connectivity index (χ4v) is 4.72. The fraction of sp³-hybridized carbons (Fsp3) is 0.391. The zero-order valence-corrected chi connectivity index (χ0v) is 18.5. The average molecular weight is 444 g/mol. The number of hydrogen-bond acceptors (Lipinski definition) is 4. The minimum atomic E-state index is -3.82. The van der Waals surface area contributed by atoms with Crippen LogP contribution in [0.2, 0.25) is 0 Å². The van der Waals surface area contributed by atoms with Gasteiger partial charge < -0.3 is 10.6 Å². The lowest BCUT2D eigenvalue weighted by Crippen LogP contribution is -2.38. The van der Waals surface area contributed by atoms with Gasteiger partial charge in [-0.1, -0.05) is 43.0 Å². The van der Waals surface area contributed by atoms with Crippen molar-refractivity contribution in [2.75, 3.05) is 17.8 Å². The van der Waals surface area contributed by atoms with Crippen LogP contribution in [-0.4, -0.2) is 33.3 Å². The van der Waals surface area contributed by atoms with E-state index in [2.05, 4.69) is 15.4 Å². The highest BCUT2D eigenvalue weighted by Crippen LogP contribution is 2.23. The third kappa shape index (κ3) is 6.55. The molecule has 1 aliphatic carbocycles. The van der Waals surface area contributed by atoms with Crippen LogP contribution in [-0.2, 0) is 14.8 Å². The number of anilines is 1. The van der Waals surface area contributed by atoms with Gasteiger partial charge >= 0.3 is 0 Å². The molecule has 0 aromatic heterocycles. The lowest BCUT2D eigenvalue weighted by Gasteiger charge is -2.20. The molecule has 8 heteroatoms. The number of rotatable bonds is 8. The molecule has 3 rings (SSSR count). The molecule has 0 radical (unpaired) electrons. The zero-order valence-electron chi connectivity index (χ0n) is 17.7. The van der Waals surface area contributed by atoms with E-state index in [4.69, 9.17) is 0 Å². The maximum atomic E-state index is 12.7. The van der Waals surface area contributed by atoms with Gasteiger partial charge in [0.05, 0.1) is 4.90 Å². The molecule has 0 heterocycles. The van der Waals surface area contributed by atoms with Crippen molar-refractivity contribution < 1.29 is 18.0 Å². The molecule has 0 unspecified atom stereocenters.